The SMILES string of the molecule is COc1cc2ccc1Oc1cccc(c1)CO[C@H]1CN(C(=O)CN3C(=O)COc4ccc(C)cc43)CC[C@@H]1NC(=O)CN(C)C(=O)CC2. The highest BCUT2D eigenvalue weighted by Gasteiger charge is 2.36. The maximum atomic E-state index is 13.7. The van der Waals surface area contributed by atoms with Crippen LogP contribution >= 0.6 is 0 Å². The number of benzene rings is 3. The molecule has 4 amide bonds. The van der Waals surface area contributed by atoms with E-state index in [2.05, 4.69) is 5.32 Å². The molecule has 1 saturated heterocycles. The van der Waals surface area contributed by atoms with Gasteiger partial charge in [-0.3, -0.25) is 24.1 Å². The molecule has 0 aliphatic carbocycles. The van der Waals surface area contributed by atoms with E-state index in [0.29, 0.717) is 48.1 Å². The van der Waals surface area contributed by atoms with Gasteiger partial charge < -0.3 is 34.1 Å². The number of carbonyl (C=O) groups is 4. The second-order valence-electron chi connectivity index (χ2n) is 12.4. The molecule has 3 aromatic rings. The number of methoxy groups -OCH3 is 1. The standard InChI is InChI=1S/C36H40N4O8/c1-23-7-10-29-28(15-23)40(36(44)22-47-29)20-35(43)39-14-13-27-32(18-39)46-21-25-5-4-6-26(16-25)48-30-11-8-24(17-31(30)45-3)9-12-34(42)38(2)19-33(41)37-27/h4-8,10-11,15-17,27,32H,9,12-14,18-22H2,1-3H3,(H,37,41)/t27-,32-/m0/s1. The van der Waals surface area contributed by atoms with Crippen molar-refractivity contribution >= 4 is 29.3 Å². The highest BCUT2D eigenvalue weighted by atomic mass is 16.5. The zero-order chi connectivity index (χ0) is 33.8. The summed E-state index contributed by atoms with van der Waals surface area (Å²) in [7, 11) is 3.17. The highest BCUT2D eigenvalue weighted by molar-refractivity contribution is 6.02. The predicted molar refractivity (Wildman–Crippen MR) is 176 cm³/mol. The summed E-state index contributed by atoms with van der Waals surface area (Å²) in [4.78, 5) is 57.2. The van der Waals surface area contributed by atoms with Crippen LogP contribution in [0.3, 0.4) is 0 Å². The van der Waals surface area contributed by atoms with E-state index in [0.717, 1.165) is 16.7 Å². The number of amides is 4. The van der Waals surface area contributed by atoms with E-state index in [4.69, 9.17) is 18.9 Å². The van der Waals surface area contributed by atoms with Gasteiger partial charge in [0, 0.05) is 26.6 Å². The molecule has 4 heterocycles. The second-order valence-corrected chi connectivity index (χ2v) is 12.4. The molecule has 0 radical (unpaired) electrons. The van der Waals surface area contributed by atoms with Crippen LogP contribution in [0.25, 0.3) is 0 Å². The number of hydrogen-bond acceptors (Lipinski definition) is 8. The first-order valence-corrected chi connectivity index (χ1v) is 16.1. The van der Waals surface area contributed by atoms with Crippen molar-refractivity contribution in [2.24, 2.45) is 0 Å². The van der Waals surface area contributed by atoms with E-state index >= 15 is 0 Å². The van der Waals surface area contributed by atoms with Gasteiger partial charge in [-0.2, -0.15) is 0 Å². The third-order valence-electron chi connectivity index (χ3n) is 8.86. The fourth-order valence-electron chi connectivity index (χ4n) is 6.18. The van der Waals surface area contributed by atoms with Crippen molar-refractivity contribution in [3.05, 3.63) is 77.4 Å². The lowest BCUT2D eigenvalue weighted by Gasteiger charge is -2.40. The number of ether oxygens (including phenoxy) is 4. The van der Waals surface area contributed by atoms with Crippen molar-refractivity contribution in [2.45, 2.75) is 44.9 Å². The van der Waals surface area contributed by atoms with Crippen LogP contribution < -0.4 is 24.4 Å². The maximum absolute atomic E-state index is 13.7. The minimum atomic E-state index is -0.554. The summed E-state index contributed by atoms with van der Waals surface area (Å²) in [5.74, 6) is 1.22. The van der Waals surface area contributed by atoms with Crippen LogP contribution in [-0.4, -0.2) is 92.5 Å². The largest absolute Gasteiger partial charge is 0.493 e. The number of fused-ring (bicyclic) bond motifs is 10. The number of nitrogens with one attached hydrogen (secondary N) is 1. The Bertz CT molecular complexity index is 1710. The third kappa shape index (κ3) is 7.54. The van der Waals surface area contributed by atoms with Crippen molar-refractivity contribution in [3.63, 3.8) is 0 Å². The number of anilines is 1. The van der Waals surface area contributed by atoms with Crippen LogP contribution in [0.2, 0.25) is 0 Å². The predicted octanol–water partition coefficient (Wildman–Crippen LogP) is 3.23. The Labute approximate surface area is 279 Å². The van der Waals surface area contributed by atoms with Gasteiger partial charge in [-0.15, -0.1) is 0 Å². The van der Waals surface area contributed by atoms with Gasteiger partial charge in [-0.25, -0.2) is 0 Å². The fraction of sp³-hybridized carbons (Fsp3) is 0.389. The molecule has 48 heavy (non-hydrogen) atoms. The van der Waals surface area contributed by atoms with Crippen LogP contribution in [0.5, 0.6) is 23.0 Å². The van der Waals surface area contributed by atoms with E-state index in [-0.39, 0.29) is 62.9 Å². The van der Waals surface area contributed by atoms with Crippen molar-refractivity contribution in [3.8, 4) is 23.0 Å². The molecule has 1 fully saturated rings. The number of likely N-dealkylation sites (N-methyl/N-ethyl adjacent to an activating group) is 1. The van der Waals surface area contributed by atoms with Crippen LogP contribution in [0, 0.1) is 6.92 Å². The molecular formula is C36H40N4O8. The quantitative estimate of drug-likeness (QED) is 0.456. The molecule has 12 heteroatoms. The van der Waals surface area contributed by atoms with Gasteiger partial charge in [0.25, 0.3) is 5.91 Å². The Morgan fingerprint density at radius 1 is 0.958 bits per heavy atom. The van der Waals surface area contributed by atoms with Gasteiger partial charge in [-0.05, 0) is 72.9 Å². The number of likely N-dealkylation sites (tertiary alicyclic amines) is 1. The molecule has 0 spiro atoms. The van der Waals surface area contributed by atoms with Gasteiger partial charge in [-0.1, -0.05) is 24.3 Å². The molecule has 4 bridgehead atoms. The van der Waals surface area contributed by atoms with Crippen LogP contribution in [0.1, 0.15) is 29.5 Å². The van der Waals surface area contributed by atoms with E-state index in [1.165, 1.54) is 9.80 Å². The Morgan fingerprint density at radius 3 is 2.62 bits per heavy atom. The highest BCUT2D eigenvalue weighted by Crippen LogP contribution is 2.34. The van der Waals surface area contributed by atoms with Gasteiger partial charge in [0.15, 0.2) is 18.1 Å². The van der Waals surface area contributed by atoms with E-state index < -0.39 is 12.1 Å². The Hall–Kier alpha value is -5.10. The molecule has 0 aromatic heterocycles. The molecule has 12 nitrogen and oxygen atoms in total. The molecule has 2 atom stereocenters. The zero-order valence-corrected chi connectivity index (χ0v) is 27.4. The minimum Gasteiger partial charge on any atom is -0.493 e. The summed E-state index contributed by atoms with van der Waals surface area (Å²) < 4.78 is 23.7. The zero-order valence-electron chi connectivity index (χ0n) is 27.4. The number of piperidine rings is 1. The number of nitrogens with zero attached hydrogens (tertiary/aromatic N) is 3. The van der Waals surface area contributed by atoms with Crippen molar-refractivity contribution < 1.29 is 38.1 Å². The van der Waals surface area contributed by atoms with E-state index in [1.807, 2.05) is 61.5 Å². The average Bonchev–Trinajstić information content (AvgIpc) is 3.08. The Kier molecular flexibility index (Phi) is 9.81. The Balaban J connectivity index is 1.22. The molecular weight excluding hydrogens is 616 g/mol. The lowest BCUT2D eigenvalue weighted by molar-refractivity contribution is -0.139. The van der Waals surface area contributed by atoms with Crippen LogP contribution in [-0.2, 0) is 36.9 Å². The summed E-state index contributed by atoms with van der Waals surface area (Å²) in [5.41, 5.74) is 3.26. The monoisotopic (exact) mass is 656 g/mol. The topological polar surface area (TPSA) is 127 Å². The maximum Gasteiger partial charge on any atom is 0.265 e. The number of rotatable bonds is 3. The fourth-order valence-corrected chi connectivity index (χ4v) is 6.18. The van der Waals surface area contributed by atoms with Gasteiger partial charge in [0.1, 0.15) is 18.0 Å². The van der Waals surface area contributed by atoms with Gasteiger partial charge in [0.05, 0.1) is 38.1 Å². The van der Waals surface area contributed by atoms with E-state index in [9.17, 15) is 19.2 Å². The third-order valence-corrected chi connectivity index (χ3v) is 8.86. The first kappa shape index (κ1) is 32.8. The first-order chi connectivity index (χ1) is 23.2. The normalized spacial score (nSPS) is 20.3. The molecule has 252 valence electrons. The summed E-state index contributed by atoms with van der Waals surface area (Å²) in [6.45, 7) is 2.29. The molecule has 3 aromatic carbocycles. The van der Waals surface area contributed by atoms with E-state index in [1.54, 1.807) is 25.1 Å². The first-order valence-electron chi connectivity index (χ1n) is 16.1. The second kappa shape index (κ2) is 14.3. The Morgan fingerprint density at radius 2 is 1.79 bits per heavy atom. The number of aryl methyl sites for hydroxylation is 2. The molecule has 1 N–H and O–H groups in total. The number of hydrogen-bond donors (Lipinski definition) is 1. The molecule has 7 rings (SSSR count). The molecule has 4 aliphatic rings. The summed E-state index contributed by atoms with van der Waals surface area (Å²) in [6.07, 6.45) is 0.572. The van der Waals surface area contributed by atoms with Crippen molar-refractivity contribution in [1.29, 1.82) is 0 Å². The average molecular weight is 657 g/mol. The molecule has 0 unspecified atom stereocenters. The van der Waals surface area contributed by atoms with Crippen LogP contribution in [0.4, 0.5) is 5.69 Å². The molecule has 4 aliphatic heterocycles. The summed E-state index contributed by atoms with van der Waals surface area (Å²) in [6, 6.07) is 18.2. The summed E-state index contributed by atoms with van der Waals surface area (Å²) in [5, 5.41) is 3.05. The smallest absolute Gasteiger partial charge is 0.265 e. The van der Waals surface area contributed by atoms with Crippen molar-refractivity contribution in [2.75, 3.05) is 51.8 Å². The lowest BCUT2D eigenvalue weighted by atomic mass is 10.0. The summed E-state index contributed by atoms with van der Waals surface area (Å²) >= 11 is 0. The minimum absolute atomic E-state index is 0.110. The van der Waals surface area contributed by atoms with Crippen molar-refractivity contribution in [1.82, 2.24) is 15.1 Å². The lowest BCUT2D eigenvalue weighted by Crippen LogP contribution is -2.58. The number of carbonyl (C=O) groups excluding carboxylic acids is 4. The van der Waals surface area contributed by atoms with Crippen LogP contribution in [0.15, 0.2) is 60.7 Å². The van der Waals surface area contributed by atoms with Gasteiger partial charge >= 0.3 is 0 Å². The van der Waals surface area contributed by atoms with Gasteiger partial charge in [0.2, 0.25) is 17.7 Å². The molecule has 0 saturated carbocycles.